The minimum atomic E-state index is -4.71. The lowest BCUT2D eigenvalue weighted by molar-refractivity contribution is -0.204. The Morgan fingerprint density at radius 1 is 1.30 bits per heavy atom. The Balaban J connectivity index is 2.12. The fourth-order valence-corrected chi connectivity index (χ4v) is 1.48. The van der Waals surface area contributed by atoms with E-state index in [0.717, 1.165) is 0 Å². The molecule has 1 aromatic heterocycles. The molecule has 0 saturated carbocycles. The Hall–Kier alpha value is -2.09. The molecule has 0 radical (unpaired) electrons. The Bertz CT molecular complexity index is 566. The summed E-state index contributed by atoms with van der Waals surface area (Å²) < 4.78 is 46.2. The number of benzene rings is 1. The highest BCUT2D eigenvalue weighted by molar-refractivity contribution is 5.55. The summed E-state index contributed by atoms with van der Waals surface area (Å²) in [4.78, 5) is 3.81. The van der Waals surface area contributed by atoms with Crippen molar-refractivity contribution < 1.29 is 27.5 Å². The van der Waals surface area contributed by atoms with Crippen LogP contribution in [-0.2, 0) is 6.42 Å². The van der Waals surface area contributed by atoms with Gasteiger partial charge < -0.3 is 14.4 Å². The molecule has 2 aromatic rings. The van der Waals surface area contributed by atoms with Gasteiger partial charge in [-0.15, -0.1) is 0 Å². The van der Waals surface area contributed by atoms with Crippen LogP contribution in [0.3, 0.4) is 0 Å². The van der Waals surface area contributed by atoms with Crippen molar-refractivity contribution in [1.29, 1.82) is 0 Å². The lowest BCUT2D eigenvalue weighted by Gasteiger charge is -2.11. The van der Waals surface area contributed by atoms with Gasteiger partial charge in [-0.25, -0.2) is 0 Å². The van der Waals surface area contributed by atoms with E-state index in [4.69, 9.17) is 9.84 Å². The van der Waals surface area contributed by atoms with E-state index in [0.29, 0.717) is 11.3 Å². The lowest BCUT2D eigenvalue weighted by atomic mass is 10.2. The van der Waals surface area contributed by atoms with Crippen molar-refractivity contribution in [3.05, 3.63) is 30.2 Å². The second-order valence-corrected chi connectivity index (χ2v) is 4.00. The monoisotopic (exact) mass is 288 g/mol. The van der Waals surface area contributed by atoms with Crippen molar-refractivity contribution in [2.45, 2.75) is 18.7 Å². The van der Waals surface area contributed by atoms with Crippen molar-refractivity contribution in [2.75, 3.05) is 7.11 Å². The molecular formula is C12H11F3N2O3. The Morgan fingerprint density at radius 2 is 1.95 bits per heavy atom. The second kappa shape index (κ2) is 5.49. The quantitative estimate of drug-likeness (QED) is 0.934. The standard InChI is InChI=1S/C12H11F3N2O3/c1-19-8-4-2-7(3-5-8)11-16-10(20-17-11)6-9(18)12(13,14)15/h2-5,9,18H,6H2,1H3. The lowest BCUT2D eigenvalue weighted by Crippen LogP contribution is -2.30. The number of aliphatic hydroxyl groups is 1. The molecule has 1 N–H and O–H groups in total. The molecule has 0 bridgehead atoms. The van der Waals surface area contributed by atoms with Gasteiger partial charge in [0.2, 0.25) is 11.7 Å². The number of aliphatic hydroxyl groups excluding tert-OH is 1. The SMILES string of the molecule is COc1ccc(-c2noc(CC(O)C(F)(F)F)n2)cc1. The molecule has 1 unspecified atom stereocenters. The van der Waals surface area contributed by atoms with Crippen LogP contribution in [0.1, 0.15) is 5.89 Å². The van der Waals surface area contributed by atoms with Gasteiger partial charge in [0, 0.05) is 5.56 Å². The predicted molar refractivity (Wildman–Crippen MR) is 62.1 cm³/mol. The summed E-state index contributed by atoms with van der Waals surface area (Å²) in [5.41, 5.74) is 0.572. The predicted octanol–water partition coefficient (Wildman–Crippen LogP) is 2.21. The topological polar surface area (TPSA) is 68.4 Å². The number of hydrogen-bond acceptors (Lipinski definition) is 5. The van der Waals surface area contributed by atoms with Gasteiger partial charge in [0.05, 0.1) is 13.5 Å². The Labute approximate surface area is 112 Å². The zero-order valence-electron chi connectivity index (χ0n) is 10.4. The number of aromatic nitrogens is 2. The summed E-state index contributed by atoms with van der Waals surface area (Å²) in [5.74, 6) is 0.502. The van der Waals surface area contributed by atoms with E-state index in [-0.39, 0.29) is 11.7 Å². The molecule has 8 heteroatoms. The summed E-state index contributed by atoms with van der Waals surface area (Å²) in [6.45, 7) is 0. The Kier molecular flexibility index (Phi) is 3.93. The minimum absolute atomic E-state index is 0.150. The molecule has 1 atom stereocenters. The van der Waals surface area contributed by atoms with Gasteiger partial charge in [-0.1, -0.05) is 5.16 Å². The van der Waals surface area contributed by atoms with Gasteiger partial charge in [-0.3, -0.25) is 0 Å². The highest BCUT2D eigenvalue weighted by Crippen LogP contribution is 2.24. The molecule has 108 valence electrons. The molecule has 5 nitrogen and oxygen atoms in total. The highest BCUT2D eigenvalue weighted by Gasteiger charge is 2.39. The van der Waals surface area contributed by atoms with Crippen molar-refractivity contribution in [2.24, 2.45) is 0 Å². The molecule has 0 spiro atoms. The van der Waals surface area contributed by atoms with Crippen LogP contribution in [0, 0.1) is 0 Å². The van der Waals surface area contributed by atoms with E-state index in [9.17, 15) is 13.2 Å². The molecule has 0 aliphatic rings. The van der Waals surface area contributed by atoms with Crippen LogP contribution in [0.25, 0.3) is 11.4 Å². The number of halogens is 3. The van der Waals surface area contributed by atoms with Gasteiger partial charge >= 0.3 is 6.18 Å². The first kappa shape index (κ1) is 14.3. The molecule has 0 fully saturated rings. The second-order valence-electron chi connectivity index (χ2n) is 4.00. The minimum Gasteiger partial charge on any atom is -0.497 e. The van der Waals surface area contributed by atoms with Gasteiger partial charge in [0.15, 0.2) is 6.10 Å². The fourth-order valence-electron chi connectivity index (χ4n) is 1.48. The van der Waals surface area contributed by atoms with E-state index < -0.39 is 18.7 Å². The molecular weight excluding hydrogens is 277 g/mol. The van der Waals surface area contributed by atoms with Gasteiger partial charge in [0.25, 0.3) is 0 Å². The summed E-state index contributed by atoms with van der Waals surface area (Å²) >= 11 is 0. The van der Waals surface area contributed by atoms with Crippen LogP contribution in [0.5, 0.6) is 5.75 Å². The first-order valence-electron chi connectivity index (χ1n) is 5.62. The molecule has 20 heavy (non-hydrogen) atoms. The first-order valence-corrected chi connectivity index (χ1v) is 5.62. The van der Waals surface area contributed by atoms with Crippen LogP contribution in [-0.4, -0.2) is 34.6 Å². The summed E-state index contributed by atoms with van der Waals surface area (Å²) in [5, 5.41) is 12.5. The maximum atomic E-state index is 12.2. The highest BCUT2D eigenvalue weighted by atomic mass is 19.4. The average Bonchev–Trinajstić information content (AvgIpc) is 2.86. The van der Waals surface area contributed by atoms with Gasteiger partial charge in [0.1, 0.15) is 5.75 Å². The van der Waals surface area contributed by atoms with Crippen LogP contribution in [0.2, 0.25) is 0 Å². The Morgan fingerprint density at radius 3 is 2.50 bits per heavy atom. The third-order valence-corrected chi connectivity index (χ3v) is 2.56. The van der Waals surface area contributed by atoms with E-state index in [2.05, 4.69) is 14.7 Å². The maximum Gasteiger partial charge on any atom is 0.414 e. The molecule has 2 rings (SSSR count). The number of rotatable bonds is 4. The van der Waals surface area contributed by atoms with Crippen molar-refractivity contribution in [3.63, 3.8) is 0 Å². The van der Waals surface area contributed by atoms with Crippen LogP contribution in [0.15, 0.2) is 28.8 Å². The van der Waals surface area contributed by atoms with E-state index in [1.807, 2.05) is 0 Å². The maximum absolute atomic E-state index is 12.2. The first-order chi connectivity index (χ1) is 9.40. The zero-order valence-corrected chi connectivity index (χ0v) is 10.4. The number of methoxy groups -OCH3 is 1. The number of alkyl halides is 3. The molecule has 0 aliphatic heterocycles. The third-order valence-electron chi connectivity index (χ3n) is 2.56. The number of ether oxygens (including phenoxy) is 1. The van der Waals surface area contributed by atoms with E-state index >= 15 is 0 Å². The van der Waals surface area contributed by atoms with E-state index in [1.54, 1.807) is 24.3 Å². The molecule has 0 saturated heterocycles. The van der Waals surface area contributed by atoms with Crippen LogP contribution < -0.4 is 4.74 Å². The van der Waals surface area contributed by atoms with Crippen molar-refractivity contribution in [1.82, 2.24) is 10.1 Å². The zero-order chi connectivity index (χ0) is 14.8. The third kappa shape index (κ3) is 3.27. The normalized spacial score (nSPS) is 13.2. The van der Waals surface area contributed by atoms with Crippen LogP contribution >= 0.6 is 0 Å². The molecule has 1 aromatic carbocycles. The molecule has 0 amide bonds. The largest absolute Gasteiger partial charge is 0.497 e. The van der Waals surface area contributed by atoms with Gasteiger partial charge in [-0.2, -0.15) is 18.2 Å². The summed E-state index contributed by atoms with van der Waals surface area (Å²) in [6, 6.07) is 6.62. The molecule has 1 heterocycles. The van der Waals surface area contributed by atoms with Gasteiger partial charge in [-0.05, 0) is 24.3 Å². The summed E-state index contributed by atoms with van der Waals surface area (Å²) in [7, 11) is 1.51. The summed E-state index contributed by atoms with van der Waals surface area (Å²) in [6.07, 6.45) is -8.01. The average molecular weight is 288 g/mol. The fraction of sp³-hybridized carbons (Fsp3) is 0.333. The van der Waals surface area contributed by atoms with Crippen LogP contribution in [0.4, 0.5) is 13.2 Å². The van der Waals surface area contributed by atoms with Crippen molar-refractivity contribution in [3.8, 4) is 17.1 Å². The smallest absolute Gasteiger partial charge is 0.414 e. The van der Waals surface area contributed by atoms with Crippen molar-refractivity contribution >= 4 is 0 Å². The number of nitrogens with zero attached hydrogens (tertiary/aromatic N) is 2. The number of hydrogen-bond donors (Lipinski definition) is 1. The van der Waals surface area contributed by atoms with E-state index in [1.165, 1.54) is 7.11 Å². The molecule has 0 aliphatic carbocycles.